The minimum Gasteiger partial charge on any atom is -0.464 e. The Morgan fingerprint density at radius 3 is 2.48 bits per heavy atom. The molecule has 0 aromatic carbocycles. The SMILES string of the molecule is CCCCC(=O)OCC(CC)SCCCCCC(C)(F)F. The molecule has 0 aliphatic carbocycles. The van der Waals surface area contributed by atoms with E-state index in [-0.39, 0.29) is 12.4 Å². The number of hydrogen-bond acceptors (Lipinski definition) is 3. The summed E-state index contributed by atoms with van der Waals surface area (Å²) in [5.74, 6) is -1.70. The van der Waals surface area contributed by atoms with Crippen molar-refractivity contribution < 1.29 is 18.3 Å². The number of hydrogen-bond donors (Lipinski definition) is 0. The summed E-state index contributed by atoms with van der Waals surface area (Å²) in [6, 6.07) is 0. The summed E-state index contributed by atoms with van der Waals surface area (Å²) in [6.07, 6.45) is 5.67. The van der Waals surface area contributed by atoms with Gasteiger partial charge in [0.15, 0.2) is 0 Å². The fourth-order valence-electron chi connectivity index (χ4n) is 1.83. The van der Waals surface area contributed by atoms with Crippen LogP contribution < -0.4 is 0 Å². The van der Waals surface area contributed by atoms with Crippen LogP contribution in [0.25, 0.3) is 0 Å². The topological polar surface area (TPSA) is 26.3 Å². The van der Waals surface area contributed by atoms with Crippen LogP contribution in [0.5, 0.6) is 0 Å². The first-order valence-corrected chi connectivity index (χ1v) is 9.09. The van der Waals surface area contributed by atoms with Crippen LogP contribution in [-0.4, -0.2) is 29.5 Å². The second kappa shape index (κ2) is 12.2. The van der Waals surface area contributed by atoms with Crippen LogP contribution in [0.15, 0.2) is 0 Å². The summed E-state index contributed by atoms with van der Waals surface area (Å²) in [6.45, 7) is 5.57. The molecule has 0 aromatic rings. The van der Waals surface area contributed by atoms with Gasteiger partial charge in [-0.15, -0.1) is 0 Å². The lowest BCUT2D eigenvalue weighted by atomic mass is 10.1. The molecule has 0 bridgehead atoms. The molecule has 0 aromatic heterocycles. The third-order valence-electron chi connectivity index (χ3n) is 3.23. The molecule has 5 heteroatoms. The van der Waals surface area contributed by atoms with E-state index in [9.17, 15) is 13.6 Å². The van der Waals surface area contributed by atoms with Gasteiger partial charge in [-0.3, -0.25) is 4.79 Å². The molecule has 0 spiro atoms. The van der Waals surface area contributed by atoms with E-state index < -0.39 is 5.92 Å². The third-order valence-corrected chi connectivity index (χ3v) is 4.70. The van der Waals surface area contributed by atoms with Gasteiger partial charge in [0.05, 0.1) is 0 Å². The normalized spacial score (nSPS) is 13.2. The minimum atomic E-state index is -2.54. The molecule has 21 heavy (non-hydrogen) atoms. The third kappa shape index (κ3) is 14.4. The Labute approximate surface area is 132 Å². The minimum absolute atomic E-state index is 0.0239. The van der Waals surface area contributed by atoms with Crippen molar-refractivity contribution in [2.24, 2.45) is 0 Å². The maximum absolute atomic E-state index is 12.6. The van der Waals surface area contributed by atoms with Gasteiger partial charge in [-0.05, 0) is 38.4 Å². The molecule has 1 atom stereocenters. The monoisotopic (exact) mass is 324 g/mol. The Morgan fingerprint density at radius 2 is 1.90 bits per heavy atom. The van der Waals surface area contributed by atoms with E-state index in [1.165, 1.54) is 0 Å². The van der Waals surface area contributed by atoms with E-state index in [2.05, 4.69) is 6.92 Å². The second-order valence-electron chi connectivity index (χ2n) is 5.57. The van der Waals surface area contributed by atoms with Crippen molar-refractivity contribution in [3.05, 3.63) is 0 Å². The van der Waals surface area contributed by atoms with Crippen molar-refractivity contribution >= 4 is 17.7 Å². The summed E-state index contributed by atoms with van der Waals surface area (Å²) in [7, 11) is 0. The molecule has 0 fully saturated rings. The summed E-state index contributed by atoms with van der Waals surface area (Å²) in [5.41, 5.74) is 0. The molecule has 0 amide bonds. The predicted octanol–water partition coefficient (Wildman–Crippen LogP) is 5.45. The second-order valence-corrected chi connectivity index (χ2v) is 6.98. The van der Waals surface area contributed by atoms with Crippen LogP contribution in [0.4, 0.5) is 8.78 Å². The van der Waals surface area contributed by atoms with Gasteiger partial charge in [0.1, 0.15) is 6.61 Å². The maximum atomic E-state index is 12.6. The molecule has 0 aliphatic heterocycles. The fraction of sp³-hybridized carbons (Fsp3) is 0.938. The van der Waals surface area contributed by atoms with Gasteiger partial charge in [-0.1, -0.05) is 26.7 Å². The largest absolute Gasteiger partial charge is 0.464 e. The number of esters is 1. The highest BCUT2D eigenvalue weighted by Crippen LogP contribution is 2.22. The number of carbonyl (C=O) groups excluding carboxylic acids is 1. The van der Waals surface area contributed by atoms with Gasteiger partial charge in [0.25, 0.3) is 0 Å². The smallest absolute Gasteiger partial charge is 0.305 e. The molecule has 0 saturated carbocycles. The Bertz CT molecular complexity index is 267. The lowest BCUT2D eigenvalue weighted by Crippen LogP contribution is -2.16. The number of alkyl halides is 2. The van der Waals surface area contributed by atoms with Crippen molar-refractivity contribution in [2.45, 2.75) is 83.3 Å². The Hall–Kier alpha value is -0.320. The Kier molecular flexibility index (Phi) is 12.1. The number of thioether (sulfide) groups is 1. The van der Waals surface area contributed by atoms with E-state index in [4.69, 9.17) is 4.74 Å². The van der Waals surface area contributed by atoms with Gasteiger partial charge in [0, 0.05) is 18.1 Å². The fourth-order valence-corrected chi connectivity index (χ4v) is 2.93. The van der Waals surface area contributed by atoms with Gasteiger partial charge in [-0.2, -0.15) is 11.8 Å². The number of halogens is 2. The molecule has 0 heterocycles. The van der Waals surface area contributed by atoms with Crippen molar-refractivity contribution in [1.82, 2.24) is 0 Å². The number of ether oxygens (including phenoxy) is 1. The molecule has 0 saturated heterocycles. The summed E-state index contributed by atoms with van der Waals surface area (Å²) in [4.78, 5) is 11.4. The lowest BCUT2D eigenvalue weighted by Gasteiger charge is -2.15. The van der Waals surface area contributed by atoms with E-state index in [1.807, 2.05) is 6.92 Å². The molecule has 2 nitrogen and oxygen atoms in total. The number of unbranched alkanes of at least 4 members (excludes halogenated alkanes) is 3. The van der Waals surface area contributed by atoms with Crippen molar-refractivity contribution in [1.29, 1.82) is 0 Å². The summed E-state index contributed by atoms with van der Waals surface area (Å²) < 4.78 is 30.5. The molecular formula is C16H30F2O2S. The molecular weight excluding hydrogens is 294 g/mol. The average Bonchev–Trinajstić information content (AvgIpc) is 2.42. The zero-order valence-electron chi connectivity index (χ0n) is 13.6. The van der Waals surface area contributed by atoms with E-state index in [0.29, 0.717) is 24.7 Å². The Morgan fingerprint density at radius 1 is 1.19 bits per heavy atom. The average molecular weight is 324 g/mol. The van der Waals surface area contributed by atoms with Gasteiger partial charge < -0.3 is 4.74 Å². The summed E-state index contributed by atoms with van der Waals surface area (Å²) >= 11 is 1.78. The number of rotatable bonds is 13. The van der Waals surface area contributed by atoms with Crippen molar-refractivity contribution in [3.8, 4) is 0 Å². The standard InChI is InChI=1S/C16H30F2O2S/c1-4-6-10-15(19)20-13-14(5-2)21-12-9-7-8-11-16(3,17)18/h14H,4-13H2,1-3H3. The van der Waals surface area contributed by atoms with Gasteiger partial charge in [0.2, 0.25) is 5.92 Å². The highest BCUT2D eigenvalue weighted by atomic mass is 32.2. The predicted molar refractivity (Wildman–Crippen MR) is 86.1 cm³/mol. The Balaban J connectivity index is 3.59. The molecule has 0 N–H and O–H groups in total. The van der Waals surface area contributed by atoms with E-state index in [0.717, 1.165) is 44.8 Å². The molecule has 1 unspecified atom stereocenters. The first-order valence-electron chi connectivity index (χ1n) is 8.04. The van der Waals surface area contributed by atoms with Crippen LogP contribution in [0, 0.1) is 0 Å². The van der Waals surface area contributed by atoms with E-state index >= 15 is 0 Å². The first-order chi connectivity index (χ1) is 9.89. The lowest BCUT2D eigenvalue weighted by molar-refractivity contribution is -0.143. The molecule has 0 rings (SSSR count). The highest BCUT2D eigenvalue weighted by molar-refractivity contribution is 7.99. The summed E-state index contributed by atoms with van der Waals surface area (Å²) in [5, 5.41) is 0.322. The molecule has 0 radical (unpaired) electrons. The van der Waals surface area contributed by atoms with E-state index in [1.54, 1.807) is 11.8 Å². The molecule has 0 aliphatic rings. The van der Waals surface area contributed by atoms with Crippen molar-refractivity contribution in [3.63, 3.8) is 0 Å². The van der Waals surface area contributed by atoms with Crippen molar-refractivity contribution in [2.75, 3.05) is 12.4 Å². The number of carbonyl (C=O) groups is 1. The quantitative estimate of drug-likeness (QED) is 0.333. The molecule has 126 valence electrons. The van der Waals surface area contributed by atoms with Gasteiger partial charge >= 0.3 is 5.97 Å². The van der Waals surface area contributed by atoms with Gasteiger partial charge in [-0.25, -0.2) is 8.78 Å². The maximum Gasteiger partial charge on any atom is 0.305 e. The van der Waals surface area contributed by atoms with Crippen LogP contribution >= 0.6 is 11.8 Å². The first kappa shape index (κ1) is 20.7. The zero-order chi connectivity index (χ0) is 16.1. The zero-order valence-corrected chi connectivity index (χ0v) is 14.4. The van der Waals surface area contributed by atoms with Crippen LogP contribution in [0.2, 0.25) is 0 Å². The van der Waals surface area contributed by atoms with Crippen LogP contribution in [0.3, 0.4) is 0 Å². The highest BCUT2D eigenvalue weighted by Gasteiger charge is 2.19. The van der Waals surface area contributed by atoms with Crippen LogP contribution in [0.1, 0.15) is 72.1 Å². The van der Waals surface area contributed by atoms with Crippen LogP contribution in [-0.2, 0) is 9.53 Å².